The zero-order valence-corrected chi connectivity index (χ0v) is 5.40. The fraction of sp³-hybridized carbons (Fsp3) is 0.500. The number of carbonyl (C=O) groups is 2. The van der Waals surface area contributed by atoms with Crippen LogP contribution in [0.4, 0.5) is 9.59 Å². The maximum absolute atomic E-state index is 10.5. The Morgan fingerprint density at radius 2 is 2.44 bits per heavy atom. The van der Waals surface area contributed by atoms with E-state index in [2.05, 4.69) is 5.32 Å². The lowest BCUT2D eigenvalue weighted by molar-refractivity contribution is 0.221. The fourth-order valence-electron chi connectivity index (χ4n) is 0.602. The first-order valence-electron chi connectivity index (χ1n) is 2.43. The number of carboxylic acid groups (broad SMARTS) is 1. The quantitative estimate of drug-likeness (QED) is 0.475. The minimum atomic E-state index is -1.06. The molecule has 50 valence electrons. The molecule has 1 rings (SSSR count). The van der Waals surface area contributed by atoms with Crippen LogP contribution >= 0.6 is 0 Å². The van der Waals surface area contributed by atoms with Gasteiger partial charge < -0.3 is 10.4 Å². The standard InChI is InChI=1S/C4H5NO3S/c6-3-5-1-2-9(3)4(7)8/h1-2H2,(H-,5,6,7,8)/p+1. The maximum Gasteiger partial charge on any atom is 0.533 e. The summed E-state index contributed by atoms with van der Waals surface area (Å²) < 4.78 is 0. The van der Waals surface area contributed by atoms with E-state index in [9.17, 15) is 9.59 Å². The highest BCUT2D eigenvalue weighted by atomic mass is 32.2. The summed E-state index contributed by atoms with van der Waals surface area (Å²) in [6, 6.07) is 0. The molecular weight excluding hydrogens is 142 g/mol. The zero-order chi connectivity index (χ0) is 6.85. The van der Waals surface area contributed by atoms with Gasteiger partial charge >= 0.3 is 10.5 Å². The van der Waals surface area contributed by atoms with Crippen molar-refractivity contribution in [2.75, 3.05) is 12.3 Å². The second-order valence-electron chi connectivity index (χ2n) is 1.58. The third kappa shape index (κ3) is 1.16. The molecule has 0 saturated carbocycles. The molecule has 1 amide bonds. The molecule has 1 aliphatic rings. The van der Waals surface area contributed by atoms with Crippen molar-refractivity contribution >= 4 is 21.4 Å². The topological polar surface area (TPSA) is 66.4 Å². The molecule has 2 N–H and O–H groups in total. The Kier molecular flexibility index (Phi) is 1.61. The van der Waals surface area contributed by atoms with Gasteiger partial charge in [-0.05, 0) is 0 Å². The first-order chi connectivity index (χ1) is 4.22. The highest BCUT2D eigenvalue weighted by molar-refractivity contribution is 8.23. The molecule has 0 aromatic rings. The first kappa shape index (κ1) is 6.41. The Labute approximate surface area is 54.6 Å². The molecule has 1 unspecified atom stereocenters. The molecule has 5 heteroatoms. The van der Waals surface area contributed by atoms with Crippen molar-refractivity contribution in [1.82, 2.24) is 5.32 Å². The number of hydrogen-bond donors (Lipinski definition) is 2. The van der Waals surface area contributed by atoms with Crippen LogP contribution in [-0.2, 0) is 10.9 Å². The SMILES string of the molecule is O=C(O)[S+]1CCNC1=O. The third-order valence-electron chi connectivity index (χ3n) is 1.01. The summed E-state index contributed by atoms with van der Waals surface area (Å²) in [5.74, 6) is 0.453. The van der Waals surface area contributed by atoms with Gasteiger partial charge in [-0.15, -0.1) is 0 Å². The molecule has 0 aliphatic carbocycles. The number of hydrogen-bond acceptors (Lipinski definition) is 2. The van der Waals surface area contributed by atoms with Gasteiger partial charge in [0.15, 0.2) is 0 Å². The average Bonchev–Trinajstić information content (AvgIpc) is 2.13. The molecule has 1 aliphatic heterocycles. The number of rotatable bonds is 0. The van der Waals surface area contributed by atoms with E-state index in [1.54, 1.807) is 0 Å². The Hall–Kier alpha value is -0.710. The Morgan fingerprint density at radius 1 is 1.78 bits per heavy atom. The highest BCUT2D eigenvalue weighted by Crippen LogP contribution is 2.04. The van der Waals surface area contributed by atoms with Crippen molar-refractivity contribution in [3.63, 3.8) is 0 Å². The number of amides is 1. The Balaban J connectivity index is 2.60. The van der Waals surface area contributed by atoms with E-state index in [1.807, 2.05) is 0 Å². The molecule has 0 aromatic carbocycles. The van der Waals surface area contributed by atoms with E-state index in [4.69, 9.17) is 5.11 Å². The molecule has 0 spiro atoms. The molecule has 1 atom stereocenters. The lowest BCUT2D eigenvalue weighted by Gasteiger charge is -1.82. The lowest BCUT2D eigenvalue weighted by Crippen LogP contribution is -2.23. The summed E-state index contributed by atoms with van der Waals surface area (Å²) in [7, 11) is -1.06. The molecule has 0 aromatic heterocycles. The van der Waals surface area contributed by atoms with Crippen LogP contribution in [0, 0.1) is 0 Å². The van der Waals surface area contributed by atoms with Crippen LogP contribution < -0.4 is 5.32 Å². The van der Waals surface area contributed by atoms with Crippen LogP contribution in [0.5, 0.6) is 0 Å². The highest BCUT2D eigenvalue weighted by Gasteiger charge is 2.43. The smallest absolute Gasteiger partial charge is 0.441 e. The predicted octanol–water partition coefficient (Wildman–Crippen LogP) is 0.00590. The van der Waals surface area contributed by atoms with Crippen LogP contribution in [0.3, 0.4) is 0 Å². The van der Waals surface area contributed by atoms with Crippen molar-refractivity contribution < 1.29 is 14.7 Å². The van der Waals surface area contributed by atoms with Gasteiger partial charge in [-0.1, -0.05) is 0 Å². The summed E-state index contributed by atoms with van der Waals surface area (Å²) in [5.41, 5.74) is 0. The molecule has 9 heavy (non-hydrogen) atoms. The van der Waals surface area contributed by atoms with Crippen molar-refractivity contribution in [1.29, 1.82) is 0 Å². The minimum Gasteiger partial charge on any atom is -0.441 e. The normalized spacial score (nSPS) is 25.8. The van der Waals surface area contributed by atoms with Gasteiger partial charge in [0.05, 0.1) is 6.54 Å². The van der Waals surface area contributed by atoms with Gasteiger partial charge in [0, 0.05) is 0 Å². The molecule has 0 bridgehead atoms. The van der Waals surface area contributed by atoms with E-state index in [1.165, 1.54) is 0 Å². The van der Waals surface area contributed by atoms with Crippen molar-refractivity contribution in [3.8, 4) is 0 Å². The van der Waals surface area contributed by atoms with E-state index in [-0.39, 0.29) is 5.24 Å². The summed E-state index contributed by atoms with van der Waals surface area (Å²) >= 11 is 0. The van der Waals surface area contributed by atoms with Gasteiger partial charge in [0.1, 0.15) is 5.75 Å². The summed E-state index contributed by atoms with van der Waals surface area (Å²) in [4.78, 5) is 20.7. The van der Waals surface area contributed by atoms with Gasteiger partial charge in [-0.2, -0.15) is 4.79 Å². The second-order valence-corrected chi connectivity index (χ2v) is 3.48. The number of nitrogens with one attached hydrogen (secondary N) is 1. The van der Waals surface area contributed by atoms with Gasteiger partial charge in [0.2, 0.25) is 10.9 Å². The van der Waals surface area contributed by atoms with Gasteiger partial charge in [-0.3, -0.25) is 0 Å². The van der Waals surface area contributed by atoms with Crippen LogP contribution in [0.2, 0.25) is 0 Å². The molecule has 1 heterocycles. The largest absolute Gasteiger partial charge is 0.533 e. The van der Waals surface area contributed by atoms with E-state index in [0.29, 0.717) is 12.3 Å². The first-order valence-corrected chi connectivity index (χ1v) is 3.83. The summed E-state index contributed by atoms with van der Waals surface area (Å²) in [5, 5.41) is 9.45. The van der Waals surface area contributed by atoms with E-state index < -0.39 is 16.2 Å². The van der Waals surface area contributed by atoms with Crippen LogP contribution in [-0.4, -0.2) is 27.9 Å². The molecule has 0 radical (unpaired) electrons. The second kappa shape index (κ2) is 2.26. The van der Waals surface area contributed by atoms with Crippen molar-refractivity contribution in [2.45, 2.75) is 0 Å². The van der Waals surface area contributed by atoms with E-state index in [0.717, 1.165) is 0 Å². The molecule has 1 fully saturated rings. The molecule has 4 nitrogen and oxygen atoms in total. The molecule has 1 saturated heterocycles. The van der Waals surface area contributed by atoms with Crippen LogP contribution in [0.15, 0.2) is 0 Å². The lowest BCUT2D eigenvalue weighted by atomic mass is 10.8. The van der Waals surface area contributed by atoms with Crippen molar-refractivity contribution in [2.24, 2.45) is 0 Å². The zero-order valence-electron chi connectivity index (χ0n) is 4.59. The summed E-state index contributed by atoms with van der Waals surface area (Å²) in [6.07, 6.45) is 0. The summed E-state index contributed by atoms with van der Waals surface area (Å²) in [6.45, 7) is 0.508. The Bertz CT molecular complexity index is 158. The van der Waals surface area contributed by atoms with Crippen LogP contribution in [0.1, 0.15) is 0 Å². The van der Waals surface area contributed by atoms with E-state index >= 15 is 0 Å². The van der Waals surface area contributed by atoms with Crippen molar-refractivity contribution in [3.05, 3.63) is 0 Å². The fourth-order valence-corrected chi connectivity index (χ4v) is 1.70. The van der Waals surface area contributed by atoms with Gasteiger partial charge in [-0.25, -0.2) is 4.79 Å². The van der Waals surface area contributed by atoms with Gasteiger partial charge in [0.25, 0.3) is 0 Å². The third-order valence-corrected chi connectivity index (χ3v) is 2.64. The number of carbonyl (C=O) groups excluding carboxylic acids is 1. The minimum absolute atomic E-state index is 0.331. The molecular formula is C4H6NO3S+. The average molecular weight is 148 g/mol. The van der Waals surface area contributed by atoms with Crippen LogP contribution in [0.25, 0.3) is 0 Å². The predicted molar refractivity (Wildman–Crippen MR) is 33.7 cm³/mol. The monoisotopic (exact) mass is 148 g/mol. The maximum atomic E-state index is 10.5. The Morgan fingerprint density at radius 3 is 2.67 bits per heavy atom.